The first-order valence-corrected chi connectivity index (χ1v) is 7.21. The van der Waals surface area contributed by atoms with Gasteiger partial charge in [-0.05, 0) is 42.8 Å². The van der Waals surface area contributed by atoms with Gasteiger partial charge in [0.1, 0.15) is 0 Å². The molecule has 1 fully saturated rings. The molecule has 1 saturated heterocycles. The summed E-state index contributed by atoms with van der Waals surface area (Å²) in [5.41, 5.74) is 7.84. The van der Waals surface area contributed by atoms with E-state index >= 15 is 0 Å². The summed E-state index contributed by atoms with van der Waals surface area (Å²) in [6, 6.07) is 15.8. The maximum Gasteiger partial charge on any atom is 0.0502 e. The summed E-state index contributed by atoms with van der Waals surface area (Å²) in [6.45, 7) is 1.14. The van der Waals surface area contributed by atoms with Crippen molar-refractivity contribution < 1.29 is 0 Å². The second-order valence-corrected chi connectivity index (χ2v) is 5.65. The van der Waals surface area contributed by atoms with Crippen LogP contribution >= 0.6 is 0 Å². The summed E-state index contributed by atoms with van der Waals surface area (Å²) in [5, 5.41) is 2.66. The Bertz CT molecular complexity index is 547. The molecule has 0 amide bonds. The second-order valence-electron chi connectivity index (χ2n) is 5.65. The molecule has 2 N–H and O–H groups in total. The molecule has 100 valence electrons. The third-order valence-electron chi connectivity index (χ3n) is 4.32. The van der Waals surface area contributed by atoms with Crippen molar-refractivity contribution in [1.29, 1.82) is 0 Å². The number of rotatable bonds is 1. The van der Waals surface area contributed by atoms with E-state index in [2.05, 4.69) is 54.4 Å². The predicted octanol–water partition coefficient (Wildman–Crippen LogP) is 3.32. The summed E-state index contributed by atoms with van der Waals surface area (Å²) in [7, 11) is 2.21. The van der Waals surface area contributed by atoms with E-state index < -0.39 is 0 Å². The first-order valence-electron chi connectivity index (χ1n) is 7.21. The highest BCUT2D eigenvalue weighted by Gasteiger charge is 2.27. The third-order valence-corrected chi connectivity index (χ3v) is 4.32. The molecule has 0 aromatic heterocycles. The lowest BCUT2D eigenvalue weighted by atomic mass is 9.92. The van der Waals surface area contributed by atoms with Crippen LogP contribution in [-0.2, 0) is 0 Å². The minimum atomic E-state index is 0.235. The van der Waals surface area contributed by atoms with Crippen LogP contribution in [0.4, 0.5) is 0 Å². The van der Waals surface area contributed by atoms with Crippen LogP contribution in [0.2, 0.25) is 0 Å². The molecule has 1 aliphatic heterocycles. The molecule has 2 aromatic rings. The van der Waals surface area contributed by atoms with Crippen LogP contribution in [0.15, 0.2) is 42.5 Å². The minimum Gasteiger partial charge on any atom is -0.326 e. The molecular weight excluding hydrogens is 232 g/mol. The van der Waals surface area contributed by atoms with E-state index in [1.165, 1.54) is 29.2 Å². The monoisotopic (exact) mass is 254 g/mol. The van der Waals surface area contributed by atoms with Crippen molar-refractivity contribution in [1.82, 2.24) is 4.90 Å². The van der Waals surface area contributed by atoms with E-state index in [1.807, 2.05) is 0 Å². The van der Waals surface area contributed by atoms with E-state index in [9.17, 15) is 0 Å². The fourth-order valence-corrected chi connectivity index (χ4v) is 3.34. The minimum absolute atomic E-state index is 0.235. The van der Waals surface area contributed by atoms with Crippen LogP contribution in [0.25, 0.3) is 10.8 Å². The van der Waals surface area contributed by atoms with Crippen LogP contribution in [0.3, 0.4) is 0 Å². The van der Waals surface area contributed by atoms with Crippen molar-refractivity contribution in [3.63, 3.8) is 0 Å². The van der Waals surface area contributed by atoms with Gasteiger partial charge in [0.15, 0.2) is 0 Å². The molecule has 2 nitrogen and oxygen atoms in total. The Morgan fingerprint density at radius 1 is 1.05 bits per heavy atom. The summed E-state index contributed by atoms with van der Waals surface area (Å²) in [6.07, 6.45) is 3.62. The molecular formula is C17H22N2. The molecule has 2 atom stereocenters. The quantitative estimate of drug-likeness (QED) is 0.846. The number of fused-ring (bicyclic) bond motifs is 1. The molecule has 0 saturated carbocycles. The normalized spacial score (nSPS) is 25.4. The highest BCUT2D eigenvalue weighted by molar-refractivity contribution is 5.86. The lowest BCUT2D eigenvalue weighted by Gasteiger charge is -2.31. The summed E-state index contributed by atoms with van der Waals surface area (Å²) in [5.74, 6) is 0. The van der Waals surface area contributed by atoms with Gasteiger partial charge in [-0.15, -0.1) is 0 Å². The molecule has 0 aliphatic carbocycles. The fourth-order valence-electron chi connectivity index (χ4n) is 3.34. The zero-order valence-corrected chi connectivity index (χ0v) is 11.5. The van der Waals surface area contributed by atoms with Crippen LogP contribution in [0.1, 0.15) is 30.9 Å². The van der Waals surface area contributed by atoms with Crippen LogP contribution in [-0.4, -0.2) is 24.5 Å². The maximum absolute atomic E-state index is 6.45. The standard InChI is InChI=1S/C17H22N2/c1-19-12-5-4-11-16(18)17(19)15-10-6-8-13-7-2-3-9-14(13)15/h2-3,6-10,16-17H,4-5,11-12,18H2,1H3. The lowest BCUT2D eigenvalue weighted by molar-refractivity contribution is 0.231. The van der Waals surface area contributed by atoms with Crippen molar-refractivity contribution in [3.05, 3.63) is 48.0 Å². The smallest absolute Gasteiger partial charge is 0.0502 e. The molecule has 0 radical (unpaired) electrons. The number of nitrogens with zero attached hydrogens (tertiary/aromatic N) is 1. The topological polar surface area (TPSA) is 29.3 Å². The highest BCUT2D eigenvalue weighted by Crippen LogP contribution is 2.32. The van der Waals surface area contributed by atoms with Gasteiger partial charge in [0.2, 0.25) is 0 Å². The molecule has 0 bridgehead atoms. The first-order chi connectivity index (χ1) is 9.27. The lowest BCUT2D eigenvalue weighted by Crippen LogP contribution is -2.37. The number of nitrogens with two attached hydrogens (primary N) is 1. The van der Waals surface area contributed by atoms with Gasteiger partial charge in [0.05, 0.1) is 6.04 Å². The van der Waals surface area contributed by atoms with Crippen molar-refractivity contribution in [2.75, 3.05) is 13.6 Å². The van der Waals surface area contributed by atoms with E-state index in [0.717, 1.165) is 13.0 Å². The zero-order chi connectivity index (χ0) is 13.2. The van der Waals surface area contributed by atoms with Crippen LogP contribution in [0.5, 0.6) is 0 Å². The van der Waals surface area contributed by atoms with Crippen LogP contribution in [0, 0.1) is 0 Å². The van der Waals surface area contributed by atoms with Gasteiger partial charge in [-0.2, -0.15) is 0 Å². The largest absolute Gasteiger partial charge is 0.326 e. The van der Waals surface area contributed by atoms with Crippen molar-refractivity contribution in [2.45, 2.75) is 31.3 Å². The number of hydrogen-bond acceptors (Lipinski definition) is 2. The van der Waals surface area contributed by atoms with Gasteiger partial charge < -0.3 is 5.73 Å². The van der Waals surface area contributed by atoms with Crippen molar-refractivity contribution >= 4 is 10.8 Å². The average Bonchev–Trinajstić information content (AvgIpc) is 2.60. The first kappa shape index (κ1) is 12.6. The number of likely N-dealkylation sites (tertiary alicyclic amines) is 1. The maximum atomic E-state index is 6.45. The van der Waals surface area contributed by atoms with E-state index in [-0.39, 0.29) is 6.04 Å². The van der Waals surface area contributed by atoms with E-state index in [4.69, 9.17) is 5.73 Å². The summed E-state index contributed by atoms with van der Waals surface area (Å²) < 4.78 is 0. The van der Waals surface area contributed by atoms with Crippen molar-refractivity contribution in [2.24, 2.45) is 5.73 Å². The predicted molar refractivity (Wildman–Crippen MR) is 81.1 cm³/mol. The Kier molecular flexibility index (Phi) is 3.54. The number of hydrogen-bond donors (Lipinski definition) is 1. The summed E-state index contributed by atoms with van der Waals surface area (Å²) in [4.78, 5) is 2.43. The average molecular weight is 254 g/mol. The molecule has 3 rings (SSSR count). The summed E-state index contributed by atoms with van der Waals surface area (Å²) >= 11 is 0. The molecule has 0 spiro atoms. The van der Waals surface area contributed by atoms with E-state index in [1.54, 1.807) is 0 Å². The molecule has 2 heteroatoms. The van der Waals surface area contributed by atoms with Gasteiger partial charge in [-0.1, -0.05) is 48.9 Å². The fraction of sp³-hybridized carbons (Fsp3) is 0.412. The Balaban J connectivity index is 2.11. The number of likely N-dealkylation sites (N-methyl/N-ethyl adjacent to an activating group) is 1. The third kappa shape index (κ3) is 2.38. The second kappa shape index (κ2) is 5.32. The molecule has 2 aromatic carbocycles. The Morgan fingerprint density at radius 3 is 2.74 bits per heavy atom. The Morgan fingerprint density at radius 2 is 1.84 bits per heavy atom. The van der Waals surface area contributed by atoms with Crippen molar-refractivity contribution in [3.8, 4) is 0 Å². The van der Waals surface area contributed by atoms with Gasteiger partial charge in [-0.25, -0.2) is 0 Å². The van der Waals surface area contributed by atoms with Gasteiger partial charge in [0.25, 0.3) is 0 Å². The molecule has 2 unspecified atom stereocenters. The Labute approximate surface area is 115 Å². The van der Waals surface area contributed by atoms with Crippen LogP contribution < -0.4 is 5.73 Å². The van der Waals surface area contributed by atoms with Gasteiger partial charge in [-0.3, -0.25) is 4.90 Å². The van der Waals surface area contributed by atoms with E-state index in [0.29, 0.717) is 6.04 Å². The van der Waals surface area contributed by atoms with Gasteiger partial charge >= 0.3 is 0 Å². The number of benzene rings is 2. The zero-order valence-electron chi connectivity index (χ0n) is 11.5. The van der Waals surface area contributed by atoms with Gasteiger partial charge in [0, 0.05) is 6.04 Å². The highest BCUT2D eigenvalue weighted by atomic mass is 15.1. The Hall–Kier alpha value is -1.38. The SMILES string of the molecule is CN1CCCCC(N)C1c1cccc2ccccc12. The molecule has 1 aliphatic rings. The molecule has 1 heterocycles. The molecule has 19 heavy (non-hydrogen) atoms.